The number of anilines is 1. The van der Waals surface area contributed by atoms with Crippen molar-refractivity contribution in [1.29, 1.82) is 5.26 Å². The van der Waals surface area contributed by atoms with Crippen LogP contribution in [0.25, 0.3) is 0 Å². The number of nitrogens with one attached hydrogen (secondary N) is 1. The summed E-state index contributed by atoms with van der Waals surface area (Å²) in [6.45, 7) is 7.00. The van der Waals surface area contributed by atoms with Crippen molar-refractivity contribution in [2.45, 2.75) is 65.2 Å². The first-order valence-corrected chi connectivity index (χ1v) is 10.7. The number of oxazole rings is 1. The molecule has 0 saturated carbocycles. The van der Waals surface area contributed by atoms with Crippen LogP contribution in [0.1, 0.15) is 82.4 Å². The highest BCUT2D eigenvalue weighted by molar-refractivity contribution is 5.81. The predicted octanol–water partition coefficient (Wildman–Crippen LogP) is 5.86. The van der Waals surface area contributed by atoms with Crippen LogP contribution in [0, 0.1) is 11.3 Å². The van der Waals surface area contributed by atoms with E-state index in [2.05, 4.69) is 36.3 Å². The first-order valence-electron chi connectivity index (χ1n) is 10.7. The molecule has 0 aliphatic carbocycles. The number of rotatable bonds is 13. The SMILES string of the molecule is CCCCCCOc1ccc(C=NNc2oc(C(CC)CC)nc2C#N)cc1OC. The molecule has 0 fully saturated rings. The van der Waals surface area contributed by atoms with E-state index in [9.17, 15) is 5.26 Å². The summed E-state index contributed by atoms with van der Waals surface area (Å²) in [7, 11) is 1.62. The van der Waals surface area contributed by atoms with E-state index in [1.165, 1.54) is 19.3 Å². The number of nitrogens with zero attached hydrogens (tertiary/aromatic N) is 3. The normalized spacial score (nSPS) is 11.1. The Hall–Kier alpha value is -3.01. The zero-order valence-corrected chi connectivity index (χ0v) is 18.4. The second-order valence-corrected chi connectivity index (χ2v) is 7.04. The Balaban J connectivity index is 2.02. The maximum atomic E-state index is 9.30. The molecule has 0 unspecified atom stereocenters. The lowest BCUT2D eigenvalue weighted by Gasteiger charge is -2.11. The van der Waals surface area contributed by atoms with Gasteiger partial charge in [0, 0.05) is 5.92 Å². The summed E-state index contributed by atoms with van der Waals surface area (Å²) < 4.78 is 17.0. The van der Waals surface area contributed by atoms with E-state index in [-0.39, 0.29) is 17.5 Å². The Morgan fingerprint density at radius 3 is 2.67 bits per heavy atom. The molecule has 0 aliphatic heterocycles. The van der Waals surface area contributed by atoms with Crippen molar-refractivity contribution < 1.29 is 13.9 Å². The lowest BCUT2D eigenvalue weighted by molar-refractivity contribution is 0.285. The molecule has 1 aromatic heterocycles. The molecule has 0 saturated heterocycles. The predicted molar refractivity (Wildman–Crippen MR) is 118 cm³/mol. The van der Waals surface area contributed by atoms with Crippen LogP contribution < -0.4 is 14.9 Å². The number of ether oxygens (including phenoxy) is 2. The van der Waals surface area contributed by atoms with Gasteiger partial charge in [0.2, 0.25) is 11.6 Å². The molecular weight excluding hydrogens is 380 g/mol. The molecule has 0 aliphatic rings. The second kappa shape index (κ2) is 12.5. The number of aromatic nitrogens is 1. The fourth-order valence-corrected chi connectivity index (χ4v) is 3.06. The van der Waals surface area contributed by atoms with Crippen LogP contribution in [0.4, 0.5) is 5.88 Å². The van der Waals surface area contributed by atoms with Gasteiger partial charge in [0.1, 0.15) is 6.07 Å². The third-order valence-electron chi connectivity index (χ3n) is 4.91. The van der Waals surface area contributed by atoms with E-state index < -0.39 is 0 Å². The highest BCUT2D eigenvalue weighted by Gasteiger charge is 2.18. The monoisotopic (exact) mass is 412 g/mol. The van der Waals surface area contributed by atoms with Gasteiger partial charge in [-0.1, -0.05) is 40.0 Å². The zero-order chi connectivity index (χ0) is 21.8. The van der Waals surface area contributed by atoms with Gasteiger partial charge in [-0.05, 0) is 43.0 Å². The van der Waals surface area contributed by atoms with Crippen molar-refractivity contribution in [2.24, 2.45) is 5.10 Å². The maximum absolute atomic E-state index is 9.30. The third-order valence-corrected chi connectivity index (χ3v) is 4.91. The summed E-state index contributed by atoms with van der Waals surface area (Å²) in [5.74, 6) is 2.39. The molecule has 30 heavy (non-hydrogen) atoms. The van der Waals surface area contributed by atoms with Crippen LogP contribution >= 0.6 is 0 Å². The average molecular weight is 413 g/mol. The van der Waals surface area contributed by atoms with Crippen molar-refractivity contribution in [3.05, 3.63) is 35.3 Å². The number of nitriles is 1. The molecular formula is C23H32N4O3. The quantitative estimate of drug-likeness (QED) is 0.251. The topological polar surface area (TPSA) is 92.7 Å². The number of hydrogen-bond donors (Lipinski definition) is 1. The van der Waals surface area contributed by atoms with Gasteiger partial charge in [-0.3, -0.25) is 0 Å². The van der Waals surface area contributed by atoms with Crippen molar-refractivity contribution in [2.75, 3.05) is 19.1 Å². The van der Waals surface area contributed by atoms with Gasteiger partial charge >= 0.3 is 0 Å². The first-order chi connectivity index (χ1) is 14.7. The zero-order valence-electron chi connectivity index (χ0n) is 18.4. The van der Waals surface area contributed by atoms with Gasteiger partial charge in [-0.15, -0.1) is 0 Å². The summed E-state index contributed by atoms with van der Waals surface area (Å²) in [4.78, 5) is 4.28. The summed E-state index contributed by atoms with van der Waals surface area (Å²) >= 11 is 0. The number of unbranched alkanes of at least 4 members (excludes halogenated alkanes) is 3. The summed E-state index contributed by atoms with van der Waals surface area (Å²) in [6, 6.07) is 7.68. The van der Waals surface area contributed by atoms with Gasteiger partial charge in [-0.2, -0.15) is 10.4 Å². The van der Waals surface area contributed by atoms with E-state index in [1.54, 1.807) is 13.3 Å². The van der Waals surface area contributed by atoms with E-state index in [0.29, 0.717) is 18.2 Å². The third kappa shape index (κ3) is 6.51. The molecule has 2 aromatic rings. The number of benzene rings is 1. The molecule has 1 aromatic carbocycles. The lowest BCUT2D eigenvalue weighted by Crippen LogP contribution is -2.00. The van der Waals surface area contributed by atoms with E-state index in [1.807, 2.05) is 24.3 Å². The van der Waals surface area contributed by atoms with Crippen LogP contribution in [0.15, 0.2) is 27.7 Å². The summed E-state index contributed by atoms with van der Waals surface area (Å²) in [5.41, 5.74) is 3.82. The van der Waals surface area contributed by atoms with Crippen molar-refractivity contribution >= 4 is 12.1 Å². The Kier molecular flexibility index (Phi) is 9.72. The summed E-state index contributed by atoms with van der Waals surface area (Å²) in [5, 5.41) is 13.5. The van der Waals surface area contributed by atoms with Crippen LogP contribution in [0.5, 0.6) is 11.5 Å². The van der Waals surface area contributed by atoms with Crippen LogP contribution in [0.3, 0.4) is 0 Å². The minimum Gasteiger partial charge on any atom is -0.493 e. The van der Waals surface area contributed by atoms with Gasteiger partial charge in [-0.25, -0.2) is 10.4 Å². The Bertz CT molecular complexity index is 851. The standard InChI is InChI=1S/C23H32N4O3/c1-5-8-9-10-13-29-20-12-11-17(14-21(20)28-4)16-25-27-23-19(15-24)26-22(30-23)18(6-2)7-3/h11-12,14,16,18,27H,5-10,13H2,1-4H3. The largest absolute Gasteiger partial charge is 0.493 e. The van der Waals surface area contributed by atoms with Gasteiger partial charge in [0.25, 0.3) is 5.88 Å². The number of hydrazone groups is 1. The summed E-state index contributed by atoms with van der Waals surface area (Å²) in [6.07, 6.45) is 8.06. The average Bonchev–Trinajstić information content (AvgIpc) is 3.18. The van der Waals surface area contributed by atoms with E-state index >= 15 is 0 Å². The Morgan fingerprint density at radius 2 is 2.00 bits per heavy atom. The minimum absolute atomic E-state index is 0.190. The Morgan fingerprint density at radius 1 is 1.20 bits per heavy atom. The van der Waals surface area contributed by atoms with E-state index in [4.69, 9.17) is 13.9 Å². The molecule has 0 radical (unpaired) electrons. The van der Waals surface area contributed by atoms with Crippen LogP contribution in [-0.2, 0) is 0 Å². The molecule has 0 amide bonds. The van der Waals surface area contributed by atoms with Crippen molar-refractivity contribution in [3.63, 3.8) is 0 Å². The first kappa shape index (κ1) is 23.3. The van der Waals surface area contributed by atoms with Crippen molar-refractivity contribution in [1.82, 2.24) is 4.98 Å². The molecule has 0 bridgehead atoms. The molecule has 1 N–H and O–H groups in total. The minimum atomic E-state index is 0.190. The second-order valence-electron chi connectivity index (χ2n) is 7.04. The fraction of sp³-hybridized carbons (Fsp3) is 0.522. The fourth-order valence-electron chi connectivity index (χ4n) is 3.06. The van der Waals surface area contributed by atoms with Crippen molar-refractivity contribution in [3.8, 4) is 17.6 Å². The Labute approximate surface area is 179 Å². The molecule has 1 heterocycles. The van der Waals surface area contributed by atoms with E-state index in [0.717, 1.165) is 30.6 Å². The molecule has 0 spiro atoms. The smallest absolute Gasteiger partial charge is 0.252 e. The molecule has 7 nitrogen and oxygen atoms in total. The highest BCUT2D eigenvalue weighted by Crippen LogP contribution is 2.29. The maximum Gasteiger partial charge on any atom is 0.252 e. The van der Waals surface area contributed by atoms with Gasteiger partial charge in [0.15, 0.2) is 11.5 Å². The molecule has 0 atom stereocenters. The van der Waals surface area contributed by atoms with Crippen LogP contribution in [-0.4, -0.2) is 24.9 Å². The molecule has 7 heteroatoms. The van der Waals surface area contributed by atoms with Gasteiger partial charge < -0.3 is 13.9 Å². The lowest BCUT2D eigenvalue weighted by atomic mass is 10.0. The number of hydrogen-bond acceptors (Lipinski definition) is 7. The van der Waals surface area contributed by atoms with Crippen LogP contribution in [0.2, 0.25) is 0 Å². The number of methoxy groups -OCH3 is 1. The van der Waals surface area contributed by atoms with Gasteiger partial charge in [0.05, 0.1) is 19.9 Å². The highest BCUT2D eigenvalue weighted by atomic mass is 16.5. The molecule has 2 rings (SSSR count). The molecule has 162 valence electrons.